The number of hydrogen-bond donors (Lipinski definition) is 2. The van der Waals surface area contributed by atoms with Crippen molar-refractivity contribution in [2.24, 2.45) is 5.73 Å². The molecule has 0 aliphatic heterocycles. The molecular weight excluding hydrogens is 199 g/mol. The molecule has 0 spiro atoms. The number of aromatic nitrogens is 2. The molecule has 0 unspecified atom stereocenters. The van der Waals surface area contributed by atoms with Crippen LogP contribution in [0.5, 0.6) is 0 Å². The van der Waals surface area contributed by atoms with Gasteiger partial charge in [-0.15, -0.1) is 24.8 Å². The SMILES string of the molecule is Cc1ncc(CN)c(N)n1.Cl.Cl. The van der Waals surface area contributed by atoms with Crippen LogP contribution < -0.4 is 11.5 Å². The molecule has 0 saturated carbocycles. The third kappa shape index (κ3) is 3.21. The molecule has 0 radical (unpaired) electrons. The zero-order valence-corrected chi connectivity index (χ0v) is 8.28. The Balaban J connectivity index is 0. The first-order valence-corrected chi connectivity index (χ1v) is 3.02. The van der Waals surface area contributed by atoms with Crippen molar-refractivity contribution in [3.63, 3.8) is 0 Å². The highest BCUT2D eigenvalue weighted by Crippen LogP contribution is 2.04. The Kier molecular flexibility index (Phi) is 6.98. The molecule has 0 atom stereocenters. The summed E-state index contributed by atoms with van der Waals surface area (Å²) in [5.41, 5.74) is 11.6. The molecule has 6 heteroatoms. The summed E-state index contributed by atoms with van der Waals surface area (Å²) in [7, 11) is 0. The Morgan fingerprint density at radius 3 is 2.42 bits per heavy atom. The van der Waals surface area contributed by atoms with Gasteiger partial charge in [-0.25, -0.2) is 9.97 Å². The van der Waals surface area contributed by atoms with Gasteiger partial charge in [-0.3, -0.25) is 0 Å². The van der Waals surface area contributed by atoms with Crippen LogP contribution in [0, 0.1) is 6.92 Å². The van der Waals surface area contributed by atoms with E-state index in [1.807, 2.05) is 0 Å². The second kappa shape index (κ2) is 5.99. The minimum atomic E-state index is 0. The van der Waals surface area contributed by atoms with E-state index in [9.17, 15) is 0 Å². The second-order valence-corrected chi connectivity index (χ2v) is 2.03. The van der Waals surface area contributed by atoms with Crippen molar-refractivity contribution in [2.75, 3.05) is 5.73 Å². The molecule has 0 saturated heterocycles. The van der Waals surface area contributed by atoms with Crippen LogP contribution in [0.15, 0.2) is 6.20 Å². The number of aryl methyl sites for hydroxylation is 1. The maximum absolute atomic E-state index is 5.50. The van der Waals surface area contributed by atoms with Crippen molar-refractivity contribution >= 4 is 30.6 Å². The maximum Gasteiger partial charge on any atom is 0.131 e. The predicted octanol–water partition coefficient (Wildman–Crippen LogP) is 0.670. The molecule has 0 bridgehead atoms. The minimum absolute atomic E-state index is 0. The number of rotatable bonds is 1. The standard InChI is InChI=1S/C6H10N4.2ClH/c1-4-9-3-5(2-7)6(8)10-4;;/h3H,2,7H2,1H3,(H2,8,9,10);2*1H. The lowest BCUT2D eigenvalue weighted by atomic mass is 10.3. The van der Waals surface area contributed by atoms with Crippen LogP contribution in [0.1, 0.15) is 11.4 Å². The van der Waals surface area contributed by atoms with E-state index < -0.39 is 0 Å². The molecule has 0 fully saturated rings. The van der Waals surface area contributed by atoms with Crippen molar-refractivity contribution < 1.29 is 0 Å². The number of anilines is 1. The van der Waals surface area contributed by atoms with Crippen LogP contribution >= 0.6 is 24.8 Å². The summed E-state index contributed by atoms with van der Waals surface area (Å²) in [5.74, 6) is 1.16. The molecule has 70 valence electrons. The molecular formula is C6H12Cl2N4. The lowest BCUT2D eigenvalue weighted by Gasteiger charge is -1.99. The molecule has 0 aliphatic rings. The van der Waals surface area contributed by atoms with E-state index in [2.05, 4.69) is 9.97 Å². The molecule has 1 heterocycles. The first-order valence-electron chi connectivity index (χ1n) is 3.02. The van der Waals surface area contributed by atoms with Crippen LogP contribution in [0.3, 0.4) is 0 Å². The zero-order chi connectivity index (χ0) is 7.56. The van der Waals surface area contributed by atoms with Crippen molar-refractivity contribution in [3.8, 4) is 0 Å². The van der Waals surface area contributed by atoms with Gasteiger partial charge in [-0.2, -0.15) is 0 Å². The number of hydrogen-bond acceptors (Lipinski definition) is 4. The van der Waals surface area contributed by atoms with Crippen LogP contribution in [-0.2, 0) is 6.54 Å². The highest BCUT2D eigenvalue weighted by Gasteiger charge is 1.97. The van der Waals surface area contributed by atoms with Crippen LogP contribution in [0.4, 0.5) is 5.82 Å². The van der Waals surface area contributed by atoms with Gasteiger partial charge in [-0.05, 0) is 6.92 Å². The van der Waals surface area contributed by atoms with Crippen LogP contribution in [0.2, 0.25) is 0 Å². The molecule has 1 rings (SSSR count). The summed E-state index contributed by atoms with van der Waals surface area (Å²) in [6, 6.07) is 0. The van der Waals surface area contributed by atoms with E-state index in [-0.39, 0.29) is 24.8 Å². The molecule has 4 N–H and O–H groups in total. The number of nitrogen functional groups attached to an aromatic ring is 1. The lowest BCUT2D eigenvalue weighted by molar-refractivity contribution is 0.979. The lowest BCUT2D eigenvalue weighted by Crippen LogP contribution is -2.05. The Bertz CT molecular complexity index is 241. The van der Waals surface area contributed by atoms with Crippen molar-refractivity contribution in [1.82, 2.24) is 9.97 Å². The fourth-order valence-electron chi connectivity index (χ4n) is 0.670. The van der Waals surface area contributed by atoms with Crippen molar-refractivity contribution in [3.05, 3.63) is 17.6 Å². The largest absolute Gasteiger partial charge is 0.383 e. The molecule has 1 aromatic heterocycles. The van der Waals surface area contributed by atoms with Gasteiger partial charge < -0.3 is 11.5 Å². The van der Waals surface area contributed by atoms with E-state index in [4.69, 9.17) is 11.5 Å². The van der Waals surface area contributed by atoms with Gasteiger partial charge in [0.05, 0.1) is 0 Å². The smallest absolute Gasteiger partial charge is 0.131 e. The maximum atomic E-state index is 5.50. The van der Waals surface area contributed by atoms with E-state index >= 15 is 0 Å². The van der Waals surface area contributed by atoms with Crippen molar-refractivity contribution in [1.29, 1.82) is 0 Å². The van der Waals surface area contributed by atoms with Gasteiger partial charge in [0.1, 0.15) is 11.6 Å². The molecule has 1 aromatic rings. The summed E-state index contributed by atoms with van der Waals surface area (Å²) >= 11 is 0. The number of nitrogens with zero attached hydrogens (tertiary/aromatic N) is 2. The number of nitrogens with two attached hydrogens (primary N) is 2. The first-order chi connectivity index (χ1) is 4.74. The fourth-order valence-corrected chi connectivity index (χ4v) is 0.670. The average Bonchev–Trinajstić information content (AvgIpc) is 1.88. The Hall–Kier alpha value is -0.580. The topological polar surface area (TPSA) is 77.8 Å². The van der Waals surface area contributed by atoms with Gasteiger partial charge >= 0.3 is 0 Å². The molecule has 0 aromatic carbocycles. The van der Waals surface area contributed by atoms with Gasteiger partial charge in [0.2, 0.25) is 0 Å². The van der Waals surface area contributed by atoms with Crippen LogP contribution in [-0.4, -0.2) is 9.97 Å². The summed E-state index contributed by atoms with van der Waals surface area (Å²) < 4.78 is 0. The van der Waals surface area contributed by atoms with E-state index in [1.165, 1.54) is 0 Å². The van der Waals surface area contributed by atoms with E-state index in [0.29, 0.717) is 18.2 Å². The Labute approximate surface area is 83.6 Å². The summed E-state index contributed by atoms with van der Waals surface area (Å²) in [6.45, 7) is 2.18. The monoisotopic (exact) mass is 210 g/mol. The van der Waals surface area contributed by atoms with Gasteiger partial charge in [-0.1, -0.05) is 0 Å². The Morgan fingerprint density at radius 2 is 2.00 bits per heavy atom. The summed E-state index contributed by atoms with van der Waals surface area (Å²) in [5, 5.41) is 0. The molecule has 12 heavy (non-hydrogen) atoms. The normalized spacial score (nSPS) is 8.17. The second-order valence-electron chi connectivity index (χ2n) is 2.03. The summed E-state index contributed by atoms with van der Waals surface area (Å²) in [6.07, 6.45) is 1.65. The van der Waals surface area contributed by atoms with Gasteiger partial charge in [0, 0.05) is 18.3 Å². The fraction of sp³-hybridized carbons (Fsp3) is 0.333. The average molecular weight is 211 g/mol. The third-order valence-corrected chi connectivity index (χ3v) is 1.24. The van der Waals surface area contributed by atoms with Crippen LogP contribution in [0.25, 0.3) is 0 Å². The molecule has 0 aliphatic carbocycles. The van der Waals surface area contributed by atoms with E-state index in [1.54, 1.807) is 13.1 Å². The zero-order valence-electron chi connectivity index (χ0n) is 6.65. The highest BCUT2D eigenvalue weighted by atomic mass is 35.5. The van der Waals surface area contributed by atoms with E-state index in [0.717, 1.165) is 5.56 Å². The van der Waals surface area contributed by atoms with Gasteiger partial charge in [0.15, 0.2) is 0 Å². The number of halogens is 2. The predicted molar refractivity (Wildman–Crippen MR) is 53.6 cm³/mol. The third-order valence-electron chi connectivity index (χ3n) is 1.24. The quantitative estimate of drug-likeness (QED) is 0.715. The molecule has 4 nitrogen and oxygen atoms in total. The van der Waals surface area contributed by atoms with Gasteiger partial charge in [0.25, 0.3) is 0 Å². The minimum Gasteiger partial charge on any atom is -0.383 e. The summed E-state index contributed by atoms with van der Waals surface area (Å²) in [4.78, 5) is 7.87. The Morgan fingerprint density at radius 1 is 1.42 bits per heavy atom. The molecule has 0 amide bonds. The van der Waals surface area contributed by atoms with Crippen molar-refractivity contribution in [2.45, 2.75) is 13.5 Å². The highest BCUT2D eigenvalue weighted by molar-refractivity contribution is 5.85. The first kappa shape index (κ1) is 14.0.